The van der Waals surface area contributed by atoms with Crippen LogP contribution in [0.25, 0.3) is 0 Å². The first-order valence-corrected chi connectivity index (χ1v) is 5.00. The lowest BCUT2D eigenvalue weighted by atomic mass is 10.1. The number of rotatable bonds is 1. The predicted octanol–water partition coefficient (Wildman–Crippen LogP) is 1.08. The number of piperidine rings is 1. The van der Waals surface area contributed by atoms with Crippen LogP contribution < -0.4 is 5.32 Å². The predicted molar refractivity (Wildman–Crippen MR) is 47.0 cm³/mol. The number of hydrogen-bond donors (Lipinski definition) is 1. The smallest absolute Gasteiger partial charge is 0.261 e. The Balaban J connectivity index is 1.87. The van der Waals surface area contributed by atoms with E-state index in [4.69, 9.17) is 0 Å². The summed E-state index contributed by atoms with van der Waals surface area (Å²) in [5.41, 5.74) is 0. The first-order valence-electron chi connectivity index (χ1n) is 5.00. The highest BCUT2D eigenvalue weighted by molar-refractivity contribution is 4.88. The van der Waals surface area contributed by atoms with E-state index in [1.807, 2.05) is 4.90 Å². The summed E-state index contributed by atoms with van der Waals surface area (Å²) in [6.07, 6.45) is 2.24. The molecule has 1 atom stereocenters. The molecule has 4 heteroatoms. The van der Waals surface area contributed by atoms with Crippen LogP contribution in [-0.4, -0.2) is 43.0 Å². The molecule has 2 aliphatic rings. The molecule has 0 amide bonds. The van der Waals surface area contributed by atoms with Crippen molar-refractivity contribution in [2.75, 3.05) is 26.2 Å². The maximum atomic E-state index is 12.9. The summed E-state index contributed by atoms with van der Waals surface area (Å²) in [6, 6.07) is 0.349. The van der Waals surface area contributed by atoms with Crippen LogP contribution in [0.1, 0.15) is 19.3 Å². The molecule has 0 spiro atoms. The summed E-state index contributed by atoms with van der Waals surface area (Å²) in [5, 5.41) is 3.25. The summed E-state index contributed by atoms with van der Waals surface area (Å²) in [4.78, 5) is 1.94. The lowest BCUT2D eigenvalue weighted by Gasteiger charge is -2.31. The molecule has 2 nitrogen and oxygen atoms in total. The summed E-state index contributed by atoms with van der Waals surface area (Å²) in [6.45, 7) is 2.47. The van der Waals surface area contributed by atoms with Crippen LogP contribution in [0.5, 0.6) is 0 Å². The summed E-state index contributed by atoms with van der Waals surface area (Å²) in [7, 11) is 0. The molecule has 0 bridgehead atoms. The van der Waals surface area contributed by atoms with Gasteiger partial charge in [0.05, 0.1) is 6.54 Å². The molecule has 0 aromatic carbocycles. The van der Waals surface area contributed by atoms with Crippen LogP contribution in [-0.2, 0) is 0 Å². The Hall–Kier alpha value is -0.220. The molecular weight excluding hydrogens is 174 g/mol. The van der Waals surface area contributed by atoms with Crippen molar-refractivity contribution < 1.29 is 8.78 Å². The molecule has 2 fully saturated rings. The van der Waals surface area contributed by atoms with Gasteiger partial charge in [-0.3, -0.25) is 4.90 Å². The quantitative estimate of drug-likeness (QED) is 0.665. The topological polar surface area (TPSA) is 15.3 Å². The van der Waals surface area contributed by atoms with Crippen molar-refractivity contribution in [1.29, 1.82) is 0 Å². The second-order valence-electron chi connectivity index (χ2n) is 4.08. The van der Waals surface area contributed by atoms with Gasteiger partial charge in [0.2, 0.25) is 0 Å². The van der Waals surface area contributed by atoms with Gasteiger partial charge in [0, 0.05) is 25.6 Å². The zero-order valence-electron chi connectivity index (χ0n) is 7.73. The van der Waals surface area contributed by atoms with Crippen LogP contribution in [0, 0.1) is 0 Å². The van der Waals surface area contributed by atoms with E-state index in [2.05, 4.69) is 5.32 Å². The monoisotopic (exact) mass is 190 g/mol. The van der Waals surface area contributed by atoms with E-state index < -0.39 is 5.92 Å². The van der Waals surface area contributed by atoms with Gasteiger partial charge in [0.25, 0.3) is 5.92 Å². The van der Waals surface area contributed by atoms with Gasteiger partial charge >= 0.3 is 0 Å². The van der Waals surface area contributed by atoms with Crippen molar-refractivity contribution >= 4 is 0 Å². The first-order chi connectivity index (χ1) is 6.17. The molecule has 13 heavy (non-hydrogen) atoms. The standard InChI is InChI=1S/C9H16F2N2/c10-9(11)3-5-13(7-9)8-2-1-4-12-6-8/h8,12H,1-7H2. The zero-order valence-corrected chi connectivity index (χ0v) is 7.73. The molecule has 2 aliphatic heterocycles. The molecule has 0 aromatic heterocycles. The molecule has 0 aliphatic carbocycles. The lowest BCUT2D eigenvalue weighted by molar-refractivity contribution is 0.00634. The fraction of sp³-hybridized carbons (Fsp3) is 1.00. The second kappa shape index (κ2) is 3.50. The molecular formula is C9H16F2N2. The minimum absolute atomic E-state index is 0.0284. The van der Waals surface area contributed by atoms with E-state index in [1.165, 1.54) is 0 Å². The fourth-order valence-corrected chi connectivity index (χ4v) is 2.22. The third-order valence-electron chi connectivity index (χ3n) is 2.99. The number of nitrogens with one attached hydrogen (secondary N) is 1. The van der Waals surface area contributed by atoms with Gasteiger partial charge in [-0.05, 0) is 19.4 Å². The molecule has 2 rings (SSSR count). The molecule has 1 unspecified atom stereocenters. The minimum atomic E-state index is -2.43. The van der Waals surface area contributed by atoms with E-state index >= 15 is 0 Å². The van der Waals surface area contributed by atoms with Gasteiger partial charge in [-0.2, -0.15) is 0 Å². The van der Waals surface area contributed by atoms with Gasteiger partial charge in [0.15, 0.2) is 0 Å². The Bertz CT molecular complexity index is 178. The normalized spacial score (nSPS) is 35.1. The van der Waals surface area contributed by atoms with E-state index in [-0.39, 0.29) is 13.0 Å². The lowest BCUT2D eigenvalue weighted by Crippen LogP contribution is -2.45. The van der Waals surface area contributed by atoms with E-state index in [0.717, 1.165) is 25.9 Å². The van der Waals surface area contributed by atoms with Crippen molar-refractivity contribution in [3.8, 4) is 0 Å². The van der Waals surface area contributed by atoms with Gasteiger partial charge < -0.3 is 5.32 Å². The average molecular weight is 190 g/mol. The van der Waals surface area contributed by atoms with Crippen LogP contribution in [0.2, 0.25) is 0 Å². The Labute approximate surface area is 77.3 Å². The minimum Gasteiger partial charge on any atom is -0.315 e. The van der Waals surface area contributed by atoms with Crippen LogP contribution in [0.3, 0.4) is 0 Å². The Morgan fingerprint density at radius 3 is 2.77 bits per heavy atom. The van der Waals surface area contributed by atoms with E-state index in [9.17, 15) is 8.78 Å². The molecule has 2 saturated heterocycles. The molecule has 2 heterocycles. The molecule has 0 saturated carbocycles. The molecule has 0 radical (unpaired) electrons. The number of halogens is 2. The third kappa shape index (κ3) is 2.17. The van der Waals surface area contributed by atoms with Crippen molar-refractivity contribution in [1.82, 2.24) is 10.2 Å². The highest BCUT2D eigenvalue weighted by Gasteiger charge is 2.40. The first kappa shape index (κ1) is 9.34. The van der Waals surface area contributed by atoms with Gasteiger partial charge in [-0.25, -0.2) is 8.78 Å². The SMILES string of the molecule is FC1(F)CCN(C2CCCNC2)C1. The average Bonchev–Trinajstić information content (AvgIpc) is 2.48. The number of nitrogens with zero attached hydrogens (tertiary/aromatic N) is 1. The molecule has 0 aromatic rings. The van der Waals surface area contributed by atoms with E-state index in [0.29, 0.717) is 12.6 Å². The van der Waals surface area contributed by atoms with Crippen molar-refractivity contribution in [3.05, 3.63) is 0 Å². The van der Waals surface area contributed by atoms with Crippen LogP contribution in [0.15, 0.2) is 0 Å². The summed E-state index contributed by atoms with van der Waals surface area (Å²) in [5.74, 6) is -2.43. The highest BCUT2D eigenvalue weighted by atomic mass is 19.3. The maximum absolute atomic E-state index is 12.9. The number of likely N-dealkylation sites (tertiary alicyclic amines) is 1. The van der Waals surface area contributed by atoms with E-state index in [1.54, 1.807) is 0 Å². The highest BCUT2D eigenvalue weighted by Crippen LogP contribution is 2.29. The maximum Gasteiger partial charge on any atom is 0.261 e. The van der Waals surface area contributed by atoms with Crippen LogP contribution in [0.4, 0.5) is 8.78 Å². The second-order valence-corrected chi connectivity index (χ2v) is 4.08. The van der Waals surface area contributed by atoms with Crippen molar-refractivity contribution in [2.45, 2.75) is 31.2 Å². The Morgan fingerprint density at radius 1 is 1.38 bits per heavy atom. The summed E-state index contributed by atoms with van der Waals surface area (Å²) >= 11 is 0. The number of hydrogen-bond acceptors (Lipinski definition) is 2. The largest absolute Gasteiger partial charge is 0.315 e. The zero-order chi connectivity index (χ0) is 9.31. The third-order valence-corrected chi connectivity index (χ3v) is 2.99. The van der Waals surface area contributed by atoms with Crippen LogP contribution >= 0.6 is 0 Å². The van der Waals surface area contributed by atoms with Gasteiger partial charge in [-0.1, -0.05) is 0 Å². The number of alkyl halides is 2. The molecule has 1 N–H and O–H groups in total. The fourth-order valence-electron chi connectivity index (χ4n) is 2.22. The Morgan fingerprint density at radius 2 is 2.23 bits per heavy atom. The van der Waals surface area contributed by atoms with Gasteiger partial charge in [0.1, 0.15) is 0 Å². The summed E-state index contributed by atoms with van der Waals surface area (Å²) < 4.78 is 25.8. The molecule has 76 valence electrons. The van der Waals surface area contributed by atoms with Crippen molar-refractivity contribution in [3.63, 3.8) is 0 Å². The van der Waals surface area contributed by atoms with Gasteiger partial charge in [-0.15, -0.1) is 0 Å². The van der Waals surface area contributed by atoms with Crippen molar-refractivity contribution in [2.24, 2.45) is 0 Å². The Kier molecular flexibility index (Phi) is 2.51.